The molecule has 34 heavy (non-hydrogen) atoms. The molecule has 2 aromatic heterocycles. The van der Waals surface area contributed by atoms with Crippen molar-refractivity contribution in [1.29, 1.82) is 0 Å². The van der Waals surface area contributed by atoms with E-state index >= 15 is 0 Å². The molecule has 0 spiro atoms. The van der Waals surface area contributed by atoms with Gasteiger partial charge in [-0.3, -0.25) is 0 Å². The number of pyridine rings is 1. The van der Waals surface area contributed by atoms with Gasteiger partial charge in [0.1, 0.15) is 0 Å². The van der Waals surface area contributed by atoms with Crippen molar-refractivity contribution in [2.75, 3.05) is 0 Å². The molecular weight excluding hydrogens is 438 g/mol. The molecule has 0 aliphatic carbocycles. The Kier molecular flexibility index (Phi) is 5.17. The van der Waals surface area contributed by atoms with E-state index in [0.717, 1.165) is 49.6 Å². The van der Waals surface area contributed by atoms with Crippen molar-refractivity contribution < 1.29 is 0 Å². The third-order valence-electron chi connectivity index (χ3n) is 5.93. The molecule has 0 N–H and O–H groups in total. The summed E-state index contributed by atoms with van der Waals surface area (Å²) >= 11 is 6.17. The van der Waals surface area contributed by atoms with Gasteiger partial charge in [-0.05, 0) is 40.5 Å². The fourth-order valence-corrected chi connectivity index (χ4v) is 4.40. The van der Waals surface area contributed by atoms with Crippen LogP contribution >= 0.6 is 11.6 Å². The number of halogens is 1. The molecule has 3 nitrogen and oxygen atoms in total. The first-order valence-corrected chi connectivity index (χ1v) is 11.5. The summed E-state index contributed by atoms with van der Waals surface area (Å²) in [4.78, 5) is 4.94. The normalized spacial score (nSPS) is 11.1. The van der Waals surface area contributed by atoms with Gasteiger partial charge in [0.25, 0.3) is 0 Å². The van der Waals surface area contributed by atoms with E-state index in [2.05, 4.69) is 72.8 Å². The molecule has 6 rings (SSSR count). The summed E-state index contributed by atoms with van der Waals surface area (Å²) < 4.78 is 1.89. The van der Waals surface area contributed by atoms with Crippen LogP contribution in [0.3, 0.4) is 0 Å². The monoisotopic (exact) mass is 457 g/mol. The molecule has 0 amide bonds. The zero-order valence-electron chi connectivity index (χ0n) is 18.3. The highest BCUT2D eigenvalue weighted by Crippen LogP contribution is 2.31. The van der Waals surface area contributed by atoms with Crippen molar-refractivity contribution >= 4 is 17.2 Å². The summed E-state index contributed by atoms with van der Waals surface area (Å²) in [5.74, 6) is 0.694. The van der Waals surface area contributed by atoms with Crippen molar-refractivity contribution in [2.24, 2.45) is 0 Å². The van der Waals surface area contributed by atoms with Gasteiger partial charge in [-0.25, -0.2) is 9.50 Å². The molecule has 0 aliphatic heterocycles. The van der Waals surface area contributed by atoms with E-state index in [4.69, 9.17) is 21.7 Å². The number of nitrogens with zero attached hydrogens (tertiary/aromatic N) is 3. The Morgan fingerprint density at radius 1 is 0.529 bits per heavy atom. The smallest absolute Gasteiger partial charge is 0.182 e. The maximum Gasteiger partial charge on any atom is 0.182 e. The predicted octanol–water partition coefficient (Wildman–Crippen LogP) is 8.05. The number of rotatable bonds is 4. The quantitative estimate of drug-likeness (QED) is 0.268. The molecule has 0 fully saturated rings. The van der Waals surface area contributed by atoms with Crippen LogP contribution in [0.25, 0.3) is 50.4 Å². The molecule has 0 saturated carbocycles. The first kappa shape index (κ1) is 20.4. The average molecular weight is 458 g/mol. The van der Waals surface area contributed by atoms with E-state index in [0.29, 0.717) is 5.82 Å². The van der Waals surface area contributed by atoms with Crippen LogP contribution in [0.4, 0.5) is 0 Å². The molecule has 0 atom stereocenters. The van der Waals surface area contributed by atoms with Gasteiger partial charge in [0.15, 0.2) is 11.5 Å². The van der Waals surface area contributed by atoms with E-state index in [-0.39, 0.29) is 0 Å². The first-order chi connectivity index (χ1) is 16.7. The van der Waals surface area contributed by atoms with Crippen LogP contribution in [-0.2, 0) is 0 Å². The summed E-state index contributed by atoms with van der Waals surface area (Å²) in [7, 11) is 0. The van der Waals surface area contributed by atoms with Gasteiger partial charge in [0.05, 0.1) is 0 Å². The van der Waals surface area contributed by atoms with Gasteiger partial charge in [0, 0.05) is 27.9 Å². The lowest BCUT2D eigenvalue weighted by molar-refractivity contribution is 0.968. The molecule has 6 aromatic rings. The highest BCUT2D eigenvalue weighted by molar-refractivity contribution is 6.30. The second-order valence-corrected chi connectivity index (χ2v) is 8.60. The third kappa shape index (κ3) is 3.87. The Morgan fingerprint density at radius 2 is 1.15 bits per heavy atom. The van der Waals surface area contributed by atoms with Gasteiger partial charge >= 0.3 is 0 Å². The number of fused-ring (bicyclic) bond motifs is 1. The van der Waals surface area contributed by atoms with Crippen LogP contribution in [0.2, 0.25) is 5.02 Å². The molecule has 0 saturated heterocycles. The largest absolute Gasteiger partial charge is 0.219 e. The van der Waals surface area contributed by atoms with Crippen LogP contribution in [0.1, 0.15) is 0 Å². The van der Waals surface area contributed by atoms with Gasteiger partial charge in [-0.2, -0.15) is 0 Å². The number of hydrogen-bond donors (Lipinski definition) is 0. The lowest BCUT2D eigenvalue weighted by atomic mass is 10.0. The Balaban J connectivity index is 1.47. The summed E-state index contributed by atoms with van der Waals surface area (Å²) in [5, 5.41) is 5.58. The van der Waals surface area contributed by atoms with Gasteiger partial charge < -0.3 is 0 Å². The molecule has 0 aliphatic rings. The van der Waals surface area contributed by atoms with Crippen molar-refractivity contribution in [3.05, 3.63) is 126 Å². The van der Waals surface area contributed by atoms with E-state index in [1.54, 1.807) is 0 Å². The summed E-state index contributed by atoms with van der Waals surface area (Å²) in [6.07, 6.45) is 2.05. The Labute approximate surface area is 202 Å². The Morgan fingerprint density at radius 3 is 1.85 bits per heavy atom. The lowest BCUT2D eigenvalue weighted by Gasteiger charge is -2.08. The maximum absolute atomic E-state index is 6.17. The van der Waals surface area contributed by atoms with Crippen LogP contribution in [0.5, 0.6) is 0 Å². The summed E-state index contributed by atoms with van der Waals surface area (Å²) in [5.41, 5.74) is 8.39. The minimum absolute atomic E-state index is 0.694. The van der Waals surface area contributed by atoms with Crippen LogP contribution < -0.4 is 0 Å². The summed E-state index contributed by atoms with van der Waals surface area (Å²) in [6, 6.07) is 39.1. The molecule has 162 valence electrons. The molecular formula is C30H20ClN3. The molecule has 4 aromatic carbocycles. The minimum atomic E-state index is 0.694. The zero-order valence-corrected chi connectivity index (χ0v) is 19.0. The van der Waals surface area contributed by atoms with Gasteiger partial charge in [0.2, 0.25) is 0 Å². The number of hydrogen-bond acceptors (Lipinski definition) is 2. The molecule has 4 heteroatoms. The van der Waals surface area contributed by atoms with Crippen LogP contribution in [-0.4, -0.2) is 14.6 Å². The lowest BCUT2D eigenvalue weighted by Crippen LogP contribution is -1.93. The van der Waals surface area contributed by atoms with Gasteiger partial charge in [-0.1, -0.05) is 109 Å². The fourth-order valence-electron chi connectivity index (χ4n) is 4.21. The first-order valence-electron chi connectivity index (χ1n) is 11.1. The van der Waals surface area contributed by atoms with Crippen molar-refractivity contribution in [1.82, 2.24) is 14.6 Å². The SMILES string of the molecule is Clc1cccc(-c2ccc(-c3nc4c(-c5ccccc5)cc(-c5ccccc5)cn4n3)cc2)c1. The zero-order chi connectivity index (χ0) is 22.9. The van der Waals surface area contributed by atoms with E-state index in [9.17, 15) is 0 Å². The van der Waals surface area contributed by atoms with Crippen LogP contribution in [0, 0.1) is 0 Å². The molecule has 2 heterocycles. The van der Waals surface area contributed by atoms with Gasteiger partial charge in [-0.15, -0.1) is 5.10 Å². The predicted molar refractivity (Wildman–Crippen MR) is 140 cm³/mol. The van der Waals surface area contributed by atoms with E-state index in [1.165, 1.54) is 0 Å². The number of aromatic nitrogens is 3. The van der Waals surface area contributed by atoms with Crippen molar-refractivity contribution in [3.63, 3.8) is 0 Å². The Hall–Kier alpha value is -4.21. The maximum atomic E-state index is 6.17. The third-order valence-corrected chi connectivity index (χ3v) is 6.16. The van der Waals surface area contributed by atoms with E-state index < -0.39 is 0 Å². The van der Waals surface area contributed by atoms with E-state index in [1.807, 2.05) is 53.2 Å². The molecule has 0 radical (unpaired) electrons. The summed E-state index contributed by atoms with van der Waals surface area (Å²) in [6.45, 7) is 0. The van der Waals surface area contributed by atoms with Crippen molar-refractivity contribution in [2.45, 2.75) is 0 Å². The second-order valence-electron chi connectivity index (χ2n) is 8.17. The van der Waals surface area contributed by atoms with Crippen molar-refractivity contribution in [3.8, 4) is 44.8 Å². The fraction of sp³-hybridized carbons (Fsp3) is 0. The second kappa shape index (κ2) is 8.62. The topological polar surface area (TPSA) is 30.2 Å². The van der Waals surface area contributed by atoms with Crippen LogP contribution in [0.15, 0.2) is 121 Å². The molecule has 0 bridgehead atoms. The minimum Gasteiger partial charge on any atom is -0.219 e. The Bertz CT molecular complexity index is 1590. The average Bonchev–Trinajstić information content (AvgIpc) is 3.34. The highest BCUT2D eigenvalue weighted by Gasteiger charge is 2.14. The highest BCUT2D eigenvalue weighted by atomic mass is 35.5. The standard InChI is InChI=1S/C30H20ClN3/c31-27-13-7-12-25(18-27)22-14-16-24(17-15-22)29-32-30-28(23-10-5-2-6-11-23)19-26(20-34(30)33-29)21-8-3-1-4-9-21/h1-20H. The number of benzene rings is 4. The molecule has 0 unspecified atom stereocenters.